The zero-order chi connectivity index (χ0) is 20.1. The lowest BCUT2D eigenvalue weighted by Gasteiger charge is -2.31. The number of carbonyl (C=O) groups is 1. The molecule has 1 aliphatic rings. The third-order valence-corrected chi connectivity index (χ3v) is 5.31. The molecule has 0 aliphatic carbocycles. The molecule has 1 N–H and O–H groups in total. The lowest BCUT2D eigenvalue weighted by Crippen LogP contribution is -2.40. The number of benzene rings is 2. The van der Waals surface area contributed by atoms with Gasteiger partial charge < -0.3 is 10.2 Å². The predicted octanol–water partition coefficient (Wildman–Crippen LogP) is 2.83. The van der Waals surface area contributed by atoms with Gasteiger partial charge in [-0.25, -0.2) is 0 Å². The lowest BCUT2D eigenvalue weighted by molar-refractivity contribution is 0.0920. The summed E-state index contributed by atoms with van der Waals surface area (Å²) < 4.78 is 0. The van der Waals surface area contributed by atoms with Crippen molar-refractivity contribution in [2.24, 2.45) is 7.05 Å². The molecule has 0 bridgehead atoms. The quantitative estimate of drug-likeness (QED) is 0.700. The number of hydrogen-bond donors (Lipinski definition) is 1. The summed E-state index contributed by atoms with van der Waals surface area (Å²) in [6.07, 6.45) is 3.76. The summed E-state index contributed by atoms with van der Waals surface area (Å²) >= 11 is 0. The van der Waals surface area contributed by atoms with Gasteiger partial charge in [0.05, 0.1) is 13.1 Å². The molecule has 2 aromatic carbocycles. The van der Waals surface area contributed by atoms with E-state index in [-0.39, 0.29) is 11.9 Å². The fourth-order valence-corrected chi connectivity index (χ4v) is 3.73. The van der Waals surface area contributed by atoms with Crippen molar-refractivity contribution in [1.29, 1.82) is 0 Å². The highest BCUT2D eigenvalue weighted by atomic mass is 16.1. The van der Waals surface area contributed by atoms with Gasteiger partial charge in [0.25, 0.3) is 5.91 Å². The number of nitrogens with one attached hydrogen (secondary N) is 1. The van der Waals surface area contributed by atoms with Crippen LogP contribution in [0.5, 0.6) is 0 Å². The average molecular weight is 390 g/mol. The van der Waals surface area contributed by atoms with Gasteiger partial charge in [0.2, 0.25) is 5.82 Å². The lowest BCUT2D eigenvalue weighted by atomic mass is 10.0. The standard InChI is InChI=1S/C22H26N6O/c1-27-25-21(24-26-27)18-10-12-19(13-11-18)22(29)23-20(17-8-4-2-5-9-17)16-28-14-6-3-7-15-28/h2,4-5,8-13,20H,3,6-7,14-16H2,1H3,(H,23,29). The van der Waals surface area contributed by atoms with E-state index in [9.17, 15) is 4.79 Å². The summed E-state index contributed by atoms with van der Waals surface area (Å²) in [5.74, 6) is 0.473. The Morgan fingerprint density at radius 3 is 2.41 bits per heavy atom. The molecule has 29 heavy (non-hydrogen) atoms. The van der Waals surface area contributed by atoms with Crippen molar-refractivity contribution in [3.8, 4) is 11.4 Å². The number of aryl methyl sites for hydroxylation is 1. The van der Waals surface area contributed by atoms with E-state index in [0.29, 0.717) is 11.4 Å². The molecule has 7 nitrogen and oxygen atoms in total. The summed E-state index contributed by atoms with van der Waals surface area (Å²) in [6.45, 7) is 3.02. The van der Waals surface area contributed by atoms with Gasteiger partial charge in [-0.2, -0.15) is 4.80 Å². The summed E-state index contributed by atoms with van der Waals surface area (Å²) in [7, 11) is 1.73. The molecule has 4 rings (SSSR count). The van der Waals surface area contributed by atoms with Gasteiger partial charge in [0.15, 0.2) is 0 Å². The maximum atomic E-state index is 12.9. The van der Waals surface area contributed by atoms with Crippen LogP contribution in [-0.4, -0.2) is 50.6 Å². The van der Waals surface area contributed by atoms with E-state index in [2.05, 4.69) is 37.8 Å². The van der Waals surface area contributed by atoms with E-state index >= 15 is 0 Å². The topological polar surface area (TPSA) is 75.9 Å². The second-order valence-electron chi connectivity index (χ2n) is 7.48. The van der Waals surface area contributed by atoms with E-state index < -0.39 is 0 Å². The summed E-state index contributed by atoms with van der Waals surface area (Å²) in [4.78, 5) is 16.8. The Bertz CT molecular complexity index is 931. The first-order valence-electron chi connectivity index (χ1n) is 10.1. The molecule has 150 valence electrons. The second-order valence-corrected chi connectivity index (χ2v) is 7.48. The van der Waals surface area contributed by atoms with Crippen LogP contribution in [0.3, 0.4) is 0 Å². The monoisotopic (exact) mass is 390 g/mol. The van der Waals surface area contributed by atoms with Crippen LogP contribution in [0.1, 0.15) is 41.2 Å². The maximum absolute atomic E-state index is 12.9. The minimum absolute atomic E-state index is 0.0388. The third kappa shape index (κ3) is 4.86. The first kappa shape index (κ1) is 19.3. The van der Waals surface area contributed by atoms with Gasteiger partial charge >= 0.3 is 0 Å². The molecule has 0 spiro atoms. The molecule has 1 aromatic heterocycles. The normalized spacial score (nSPS) is 15.8. The van der Waals surface area contributed by atoms with Gasteiger partial charge in [-0.15, -0.1) is 10.2 Å². The summed E-state index contributed by atoms with van der Waals surface area (Å²) in [5.41, 5.74) is 2.59. The van der Waals surface area contributed by atoms with Crippen molar-refractivity contribution in [3.05, 3.63) is 65.7 Å². The molecule has 1 amide bonds. The predicted molar refractivity (Wildman–Crippen MR) is 111 cm³/mol. The van der Waals surface area contributed by atoms with Crippen molar-refractivity contribution in [2.75, 3.05) is 19.6 Å². The van der Waals surface area contributed by atoms with Crippen LogP contribution in [0, 0.1) is 0 Å². The van der Waals surface area contributed by atoms with Crippen LogP contribution in [0.4, 0.5) is 0 Å². The number of amides is 1. The van der Waals surface area contributed by atoms with E-state index in [1.54, 1.807) is 7.05 Å². The number of hydrogen-bond acceptors (Lipinski definition) is 5. The summed E-state index contributed by atoms with van der Waals surface area (Å²) in [6, 6.07) is 17.5. The molecule has 1 fully saturated rings. The number of aromatic nitrogens is 4. The van der Waals surface area contributed by atoms with Crippen LogP contribution >= 0.6 is 0 Å². The van der Waals surface area contributed by atoms with Crippen molar-refractivity contribution in [1.82, 2.24) is 30.4 Å². The maximum Gasteiger partial charge on any atom is 0.251 e. The number of likely N-dealkylation sites (tertiary alicyclic amines) is 1. The van der Waals surface area contributed by atoms with Gasteiger partial charge in [-0.05, 0) is 48.8 Å². The number of tetrazole rings is 1. The van der Waals surface area contributed by atoms with Crippen molar-refractivity contribution >= 4 is 5.91 Å². The minimum atomic E-state index is -0.0745. The molecule has 0 saturated carbocycles. The Morgan fingerprint density at radius 1 is 1.03 bits per heavy atom. The summed E-state index contributed by atoms with van der Waals surface area (Å²) in [5, 5.41) is 15.3. The molecule has 1 aliphatic heterocycles. The van der Waals surface area contributed by atoms with Gasteiger partial charge in [-0.3, -0.25) is 4.79 Å². The smallest absolute Gasteiger partial charge is 0.251 e. The first-order chi connectivity index (χ1) is 14.2. The molecule has 1 unspecified atom stereocenters. The van der Waals surface area contributed by atoms with E-state index in [1.807, 2.05) is 42.5 Å². The van der Waals surface area contributed by atoms with Crippen molar-refractivity contribution < 1.29 is 4.79 Å². The highest BCUT2D eigenvalue weighted by Gasteiger charge is 2.20. The van der Waals surface area contributed by atoms with Gasteiger partial charge in [-0.1, -0.05) is 48.9 Å². The zero-order valence-corrected chi connectivity index (χ0v) is 16.7. The van der Waals surface area contributed by atoms with Crippen molar-refractivity contribution in [2.45, 2.75) is 25.3 Å². The average Bonchev–Trinajstić information content (AvgIpc) is 3.21. The van der Waals surface area contributed by atoms with Crippen LogP contribution in [0.25, 0.3) is 11.4 Å². The highest BCUT2D eigenvalue weighted by molar-refractivity contribution is 5.94. The van der Waals surface area contributed by atoms with E-state index in [1.165, 1.54) is 24.1 Å². The van der Waals surface area contributed by atoms with Crippen LogP contribution in [0.15, 0.2) is 54.6 Å². The Labute approximate surface area is 170 Å². The van der Waals surface area contributed by atoms with E-state index in [4.69, 9.17) is 0 Å². The SMILES string of the molecule is Cn1nnc(-c2ccc(C(=O)NC(CN3CCCCC3)c3ccccc3)cc2)n1. The van der Waals surface area contributed by atoms with Gasteiger partial charge in [0.1, 0.15) is 0 Å². The fraction of sp³-hybridized carbons (Fsp3) is 0.364. The van der Waals surface area contributed by atoms with Crippen LogP contribution in [0.2, 0.25) is 0 Å². The number of piperidine rings is 1. The number of nitrogens with zero attached hydrogens (tertiary/aromatic N) is 5. The largest absolute Gasteiger partial charge is 0.344 e. The number of rotatable bonds is 6. The minimum Gasteiger partial charge on any atom is -0.344 e. The first-order valence-corrected chi connectivity index (χ1v) is 10.1. The molecular weight excluding hydrogens is 364 g/mol. The Balaban J connectivity index is 1.48. The molecule has 1 saturated heterocycles. The number of carbonyl (C=O) groups excluding carboxylic acids is 1. The molecule has 0 radical (unpaired) electrons. The third-order valence-electron chi connectivity index (χ3n) is 5.31. The van der Waals surface area contributed by atoms with Crippen molar-refractivity contribution in [3.63, 3.8) is 0 Å². The molecule has 2 heterocycles. The fourth-order valence-electron chi connectivity index (χ4n) is 3.73. The van der Waals surface area contributed by atoms with E-state index in [0.717, 1.165) is 30.8 Å². The zero-order valence-electron chi connectivity index (χ0n) is 16.7. The molecule has 7 heteroatoms. The van der Waals surface area contributed by atoms with Crippen LogP contribution < -0.4 is 5.32 Å². The molecular formula is C22H26N6O. The van der Waals surface area contributed by atoms with Gasteiger partial charge in [0, 0.05) is 17.7 Å². The second kappa shape index (κ2) is 8.96. The Kier molecular flexibility index (Phi) is 5.95. The Morgan fingerprint density at radius 2 is 1.76 bits per heavy atom. The van der Waals surface area contributed by atoms with Crippen LogP contribution in [-0.2, 0) is 7.05 Å². The highest BCUT2D eigenvalue weighted by Crippen LogP contribution is 2.19. The Hall–Kier alpha value is -3.06. The molecule has 1 atom stereocenters. The molecule has 3 aromatic rings.